The highest BCUT2D eigenvalue weighted by atomic mass is 19.1. The molecule has 1 saturated heterocycles. The number of aromatic nitrogens is 2. The summed E-state index contributed by atoms with van der Waals surface area (Å²) >= 11 is 0. The molecule has 26 heavy (non-hydrogen) atoms. The van der Waals surface area contributed by atoms with Crippen LogP contribution in [0.1, 0.15) is 57.2 Å². The third kappa shape index (κ3) is 2.18. The van der Waals surface area contributed by atoms with Crippen LogP contribution in [0.15, 0.2) is 36.0 Å². The molecule has 3 atom stereocenters. The number of hydrogen-bond donors (Lipinski definition) is 0. The van der Waals surface area contributed by atoms with Gasteiger partial charge in [0.2, 0.25) is 0 Å². The molecule has 2 aromatic rings. The van der Waals surface area contributed by atoms with Crippen LogP contribution in [0.2, 0.25) is 0 Å². The molecule has 4 heteroatoms. The molecule has 0 N–H and O–H groups in total. The summed E-state index contributed by atoms with van der Waals surface area (Å²) in [6.45, 7) is 4.61. The zero-order valence-electron chi connectivity index (χ0n) is 15.5. The van der Waals surface area contributed by atoms with Gasteiger partial charge < -0.3 is 4.74 Å². The third-order valence-corrected chi connectivity index (χ3v) is 6.94. The van der Waals surface area contributed by atoms with Gasteiger partial charge in [-0.25, -0.2) is 9.07 Å². The number of benzene rings is 1. The van der Waals surface area contributed by atoms with E-state index in [-0.39, 0.29) is 16.8 Å². The van der Waals surface area contributed by atoms with E-state index in [0.29, 0.717) is 6.10 Å². The Morgan fingerprint density at radius 1 is 1.23 bits per heavy atom. The second-order valence-electron chi connectivity index (χ2n) is 8.44. The Hall–Kier alpha value is -1.94. The Labute approximate surface area is 153 Å². The molecule has 2 aliphatic carbocycles. The zero-order chi connectivity index (χ0) is 17.9. The summed E-state index contributed by atoms with van der Waals surface area (Å²) in [5, 5.41) is 4.61. The molecule has 1 saturated carbocycles. The zero-order valence-corrected chi connectivity index (χ0v) is 15.5. The molecule has 0 radical (unpaired) electrons. The molecule has 2 heterocycles. The van der Waals surface area contributed by atoms with E-state index in [1.807, 2.05) is 10.9 Å². The molecule has 5 rings (SSSR count). The lowest BCUT2D eigenvalue weighted by Crippen LogP contribution is -2.51. The van der Waals surface area contributed by atoms with E-state index in [1.165, 1.54) is 36.1 Å². The Balaban J connectivity index is 1.56. The normalized spacial score (nSPS) is 33.0. The fourth-order valence-electron chi connectivity index (χ4n) is 5.47. The van der Waals surface area contributed by atoms with Gasteiger partial charge in [-0.15, -0.1) is 0 Å². The van der Waals surface area contributed by atoms with Gasteiger partial charge in [-0.05, 0) is 81.4 Å². The van der Waals surface area contributed by atoms with Gasteiger partial charge >= 0.3 is 0 Å². The summed E-state index contributed by atoms with van der Waals surface area (Å²) in [7, 11) is 0. The van der Waals surface area contributed by atoms with Crippen molar-refractivity contribution in [2.75, 3.05) is 0 Å². The summed E-state index contributed by atoms with van der Waals surface area (Å²) in [6, 6.07) is 6.56. The molecule has 136 valence electrons. The number of nitrogens with zero attached hydrogens (tertiary/aromatic N) is 2. The van der Waals surface area contributed by atoms with Gasteiger partial charge in [0.25, 0.3) is 0 Å². The lowest BCUT2D eigenvalue weighted by atomic mass is 9.65. The van der Waals surface area contributed by atoms with Gasteiger partial charge in [-0.3, -0.25) is 0 Å². The van der Waals surface area contributed by atoms with Crippen molar-refractivity contribution in [3.8, 4) is 5.69 Å². The molecule has 3 nitrogen and oxygen atoms in total. The molecular formula is C22H25FN2O. The topological polar surface area (TPSA) is 27.1 Å². The summed E-state index contributed by atoms with van der Waals surface area (Å²) in [5.74, 6) is -0.220. The lowest BCUT2D eigenvalue weighted by molar-refractivity contribution is -0.165. The standard InChI is InChI=1S/C22H25FN2O/c1-15-4-3-10-22(26-15)11-9-17-12-20-16(13-21(17,22)2)14-24-25(20)19-7-5-18(23)6-8-19/h5-8,12,14-15H,3-4,9-11,13H2,1-2H3/t15-,21-,22-/m0/s1. The van der Waals surface area contributed by atoms with Crippen molar-refractivity contribution >= 4 is 6.08 Å². The highest BCUT2D eigenvalue weighted by molar-refractivity contribution is 5.62. The fourth-order valence-corrected chi connectivity index (χ4v) is 5.47. The fraction of sp³-hybridized carbons (Fsp3) is 0.500. The first kappa shape index (κ1) is 16.2. The average molecular weight is 352 g/mol. The van der Waals surface area contributed by atoms with Gasteiger partial charge in [-0.1, -0.05) is 12.5 Å². The van der Waals surface area contributed by atoms with Crippen LogP contribution in [0.4, 0.5) is 4.39 Å². The van der Waals surface area contributed by atoms with Crippen LogP contribution >= 0.6 is 0 Å². The Morgan fingerprint density at radius 3 is 2.81 bits per heavy atom. The first-order chi connectivity index (χ1) is 12.5. The number of hydrogen-bond acceptors (Lipinski definition) is 2. The van der Waals surface area contributed by atoms with E-state index < -0.39 is 0 Å². The number of fused-ring (bicyclic) bond motifs is 3. The Bertz CT molecular complexity index is 884. The highest BCUT2D eigenvalue weighted by Crippen LogP contribution is 2.60. The lowest BCUT2D eigenvalue weighted by Gasteiger charge is -2.49. The maximum atomic E-state index is 13.3. The van der Waals surface area contributed by atoms with Crippen LogP contribution < -0.4 is 0 Å². The second kappa shape index (κ2) is 5.53. The van der Waals surface area contributed by atoms with E-state index in [9.17, 15) is 4.39 Å². The van der Waals surface area contributed by atoms with Gasteiger partial charge in [0.05, 0.1) is 29.3 Å². The molecule has 1 aromatic heterocycles. The highest BCUT2D eigenvalue weighted by Gasteiger charge is 2.58. The largest absolute Gasteiger partial charge is 0.371 e. The van der Waals surface area contributed by atoms with Crippen LogP contribution in [-0.2, 0) is 11.2 Å². The summed E-state index contributed by atoms with van der Waals surface area (Å²) in [5.41, 5.74) is 4.84. The number of rotatable bonds is 1. The van der Waals surface area contributed by atoms with Crippen molar-refractivity contribution in [3.63, 3.8) is 0 Å². The van der Waals surface area contributed by atoms with Crippen LogP contribution in [0.25, 0.3) is 11.8 Å². The van der Waals surface area contributed by atoms with Crippen molar-refractivity contribution in [2.45, 2.75) is 64.1 Å². The second-order valence-corrected chi connectivity index (χ2v) is 8.44. The van der Waals surface area contributed by atoms with Crippen LogP contribution in [-0.4, -0.2) is 21.5 Å². The maximum absolute atomic E-state index is 13.3. The number of ether oxygens (including phenoxy) is 1. The minimum Gasteiger partial charge on any atom is -0.371 e. The predicted molar refractivity (Wildman–Crippen MR) is 99.7 cm³/mol. The summed E-state index contributed by atoms with van der Waals surface area (Å²) in [4.78, 5) is 0. The first-order valence-corrected chi connectivity index (χ1v) is 9.72. The van der Waals surface area contributed by atoms with E-state index in [4.69, 9.17) is 4.74 Å². The van der Waals surface area contributed by atoms with Crippen LogP contribution in [0.5, 0.6) is 0 Å². The van der Waals surface area contributed by atoms with Crippen LogP contribution in [0, 0.1) is 11.2 Å². The SMILES string of the molecule is C[C@H]1CCC[C@@]2(CCC3=Cc4c(cnn4-c4ccc(F)cc4)C[C@@]32C)O1. The Kier molecular flexibility index (Phi) is 3.45. The van der Waals surface area contributed by atoms with Crippen molar-refractivity contribution < 1.29 is 9.13 Å². The van der Waals surface area contributed by atoms with Crippen LogP contribution in [0.3, 0.4) is 0 Å². The van der Waals surface area contributed by atoms with Crippen molar-refractivity contribution in [2.24, 2.45) is 5.41 Å². The van der Waals surface area contributed by atoms with Crippen molar-refractivity contribution in [1.82, 2.24) is 9.78 Å². The molecule has 1 aromatic carbocycles. The van der Waals surface area contributed by atoms with E-state index in [0.717, 1.165) is 37.1 Å². The minimum absolute atomic E-state index is 0.0217. The monoisotopic (exact) mass is 352 g/mol. The van der Waals surface area contributed by atoms with Gasteiger partial charge in [0.15, 0.2) is 0 Å². The molecule has 0 amide bonds. The molecule has 1 spiro atoms. The molecule has 0 bridgehead atoms. The average Bonchev–Trinajstić information content (AvgIpc) is 3.13. The van der Waals surface area contributed by atoms with Crippen molar-refractivity contribution in [1.29, 1.82) is 0 Å². The predicted octanol–water partition coefficient (Wildman–Crippen LogP) is 5.08. The minimum atomic E-state index is -0.220. The Morgan fingerprint density at radius 2 is 2.04 bits per heavy atom. The third-order valence-electron chi connectivity index (χ3n) is 6.94. The summed E-state index contributed by atoms with van der Waals surface area (Å²) in [6.07, 6.45) is 11.4. The van der Waals surface area contributed by atoms with E-state index in [2.05, 4.69) is 25.0 Å². The van der Waals surface area contributed by atoms with E-state index in [1.54, 1.807) is 12.1 Å². The molecule has 0 unspecified atom stereocenters. The smallest absolute Gasteiger partial charge is 0.123 e. The number of halogens is 1. The van der Waals surface area contributed by atoms with Gasteiger partial charge in [0, 0.05) is 5.41 Å². The maximum Gasteiger partial charge on any atom is 0.123 e. The van der Waals surface area contributed by atoms with E-state index >= 15 is 0 Å². The molecule has 3 aliphatic rings. The van der Waals surface area contributed by atoms with Gasteiger partial charge in [0.1, 0.15) is 5.82 Å². The molecule has 2 fully saturated rings. The molecular weight excluding hydrogens is 327 g/mol. The van der Waals surface area contributed by atoms with Crippen molar-refractivity contribution in [3.05, 3.63) is 53.1 Å². The summed E-state index contributed by atoms with van der Waals surface area (Å²) < 4.78 is 21.8. The quantitative estimate of drug-likeness (QED) is 0.716. The molecule has 1 aliphatic heterocycles. The van der Waals surface area contributed by atoms with Gasteiger partial charge in [-0.2, -0.15) is 5.10 Å². The first-order valence-electron chi connectivity index (χ1n) is 9.72.